The van der Waals surface area contributed by atoms with E-state index in [4.69, 9.17) is 11.6 Å². The molecular weight excluding hydrogens is 402 g/mol. The van der Waals surface area contributed by atoms with E-state index in [1.165, 1.54) is 0 Å². The third kappa shape index (κ3) is 3.98. The van der Waals surface area contributed by atoms with Crippen molar-refractivity contribution in [2.24, 2.45) is 5.92 Å². The van der Waals surface area contributed by atoms with Crippen molar-refractivity contribution in [2.45, 2.75) is 18.9 Å². The van der Waals surface area contributed by atoms with Gasteiger partial charge in [0.1, 0.15) is 0 Å². The van der Waals surface area contributed by atoms with Crippen molar-refractivity contribution >= 4 is 38.9 Å². The van der Waals surface area contributed by atoms with Crippen molar-refractivity contribution in [3.63, 3.8) is 0 Å². The highest BCUT2D eigenvalue weighted by atomic mass is 35.5. The van der Waals surface area contributed by atoms with Crippen LogP contribution in [0.25, 0.3) is 0 Å². The zero-order valence-electron chi connectivity index (χ0n) is 15.6. The Morgan fingerprint density at radius 1 is 1.14 bits per heavy atom. The number of sulfone groups is 1. The first-order valence-corrected chi connectivity index (χ1v) is 11.8. The fourth-order valence-corrected chi connectivity index (χ4v) is 6.30. The van der Waals surface area contributed by atoms with Crippen molar-refractivity contribution < 1.29 is 18.0 Å². The van der Waals surface area contributed by atoms with Gasteiger partial charge < -0.3 is 14.7 Å². The maximum atomic E-state index is 12.9. The first kappa shape index (κ1) is 19.5. The van der Waals surface area contributed by atoms with E-state index in [0.29, 0.717) is 31.1 Å². The summed E-state index contributed by atoms with van der Waals surface area (Å²) in [6, 6.07) is 7.41. The van der Waals surface area contributed by atoms with Crippen molar-refractivity contribution in [1.29, 1.82) is 0 Å². The first-order chi connectivity index (χ1) is 13.3. The second kappa shape index (κ2) is 7.55. The Balaban J connectivity index is 1.34. The summed E-state index contributed by atoms with van der Waals surface area (Å²) in [5.74, 6) is -0.308. The molecule has 1 aromatic carbocycles. The molecule has 0 spiro atoms. The molecule has 2 atom stereocenters. The fraction of sp³-hybridized carbons (Fsp3) is 0.579. The Bertz CT molecular complexity index is 883. The van der Waals surface area contributed by atoms with Crippen molar-refractivity contribution in [2.75, 3.05) is 49.1 Å². The van der Waals surface area contributed by atoms with Crippen LogP contribution in [-0.4, -0.2) is 80.3 Å². The summed E-state index contributed by atoms with van der Waals surface area (Å²) < 4.78 is 23.4. The second-order valence-electron chi connectivity index (χ2n) is 7.80. The molecule has 0 N–H and O–H groups in total. The maximum absolute atomic E-state index is 12.9. The molecule has 152 valence electrons. The summed E-state index contributed by atoms with van der Waals surface area (Å²) >= 11 is 6.06. The summed E-state index contributed by atoms with van der Waals surface area (Å²) in [7, 11) is -3.05. The molecule has 9 heteroatoms. The summed E-state index contributed by atoms with van der Waals surface area (Å²) in [6.45, 7) is 2.99. The molecule has 3 fully saturated rings. The number of carbonyl (C=O) groups is 2. The van der Waals surface area contributed by atoms with Crippen molar-refractivity contribution in [1.82, 2.24) is 9.80 Å². The van der Waals surface area contributed by atoms with E-state index in [2.05, 4.69) is 4.90 Å². The van der Waals surface area contributed by atoms with Crippen LogP contribution >= 0.6 is 11.6 Å². The van der Waals surface area contributed by atoms with Gasteiger partial charge in [-0.05, 0) is 24.6 Å². The van der Waals surface area contributed by atoms with Gasteiger partial charge in [-0.1, -0.05) is 17.7 Å². The van der Waals surface area contributed by atoms with Gasteiger partial charge in [0.2, 0.25) is 11.8 Å². The van der Waals surface area contributed by atoms with Gasteiger partial charge in [-0.15, -0.1) is 0 Å². The average Bonchev–Trinajstić information content (AvgIpc) is 3.23. The van der Waals surface area contributed by atoms with Crippen LogP contribution in [0.1, 0.15) is 12.8 Å². The molecule has 0 unspecified atom stereocenters. The lowest BCUT2D eigenvalue weighted by atomic mass is 10.1. The number of anilines is 1. The molecule has 0 radical (unpaired) electrons. The standard InChI is InChI=1S/C19H24ClN3O4S/c20-15-2-1-3-16(11-15)21-5-7-22(8-6-21)19(25)14-10-18(24)23(12-14)17-4-9-28(26,27)13-17/h1-3,11,14,17H,4-10,12-13H2/t14-,17+/m1/s1. The van der Waals surface area contributed by atoms with E-state index < -0.39 is 9.84 Å². The quantitative estimate of drug-likeness (QED) is 0.722. The fourth-order valence-electron chi connectivity index (χ4n) is 4.39. The molecule has 28 heavy (non-hydrogen) atoms. The molecule has 3 heterocycles. The van der Waals surface area contributed by atoms with Gasteiger partial charge in [0.05, 0.1) is 17.4 Å². The third-order valence-corrected chi connectivity index (χ3v) is 7.91. The van der Waals surface area contributed by atoms with Crippen molar-refractivity contribution in [3.05, 3.63) is 29.3 Å². The topological polar surface area (TPSA) is 78.0 Å². The van der Waals surface area contributed by atoms with E-state index >= 15 is 0 Å². The number of likely N-dealkylation sites (tertiary alicyclic amines) is 1. The molecule has 7 nitrogen and oxygen atoms in total. The number of carbonyl (C=O) groups excluding carboxylic acids is 2. The molecule has 3 aliphatic rings. The molecule has 4 rings (SSSR count). The minimum absolute atomic E-state index is 0.00227. The minimum Gasteiger partial charge on any atom is -0.368 e. The Hall–Kier alpha value is -1.80. The number of amides is 2. The number of halogens is 1. The Labute approximate surface area is 170 Å². The van der Waals surface area contributed by atoms with Crippen LogP contribution in [0.15, 0.2) is 24.3 Å². The Kier molecular flexibility index (Phi) is 5.26. The van der Waals surface area contributed by atoms with Crippen LogP contribution in [0, 0.1) is 5.92 Å². The van der Waals surface area contributed by atoms with Crippen LogP contribution in [0.5, 0.6) is 0 Å². The summed E-state index contributed by atoms with van der Waals surface area (Å²) in [6.07, 6.45) is 0.664. The van der Waals surface area contributed by atoms with Crippen LogP contribution in [-0.2, 0) is 19.4 Å². The lowest BCUT2D eigenvalue weighted by Gasteiger charge is -2.37. The molecule has 0 aliphatic carbocycles. The minimum atomic E-state index is -3.05. The lowest BCUT2D eigenvalue weighted by Crippen LogP contribution is -2.50. The smallest absolute Gasteiger partial charge is 0.228 e. The Morgan fingerprint density at radius 3 is 2.54 bits per heavy atom. The molecular formula is C19H24ClN3O4S. The molecule has 2 amide bonds. The number of rotatable bonds is 3. The highest BCUT2D eigenvalue weighted by Gasteiger charge is 2.43. The van der Waals surface area contributed by atoms with E-state index in [1.54, 1.807) is 4.90 Å². The van der Waals surface area contributed by atoms with Gasteiger partial charge in [0, 0.05) is 55.9 Å². The summed E-state index contributed by atoms with van der Waals surface area (Å²) in [5.41, 5.74) is 1.05. The monoisotopic (exact) mass is 425 g/mol. The zero-order chi connectivity index (χ0) is 19.9. The average molecular weight is 426 g/mol. The third-order valence-electron chi connectivity index (χ3n) is 5.92. The summed E-state index contributed by atoms with van der Waals surface area (Å²) in [4.78, 5) is 30.9. The molecule has 1 aromatic rings. The van der Waals surface area contributed by atoms with Gasteiger partial charge >= 0.3 is 0 Å². The number of hydrogen-bond donors (Lipinski definition) is 0. The molecule has 0 aromatic heterocycles. The normalized spacial score (nSPS) is 27.5. The predicted octanol–water partition coefficient (Wildman–Crippen LogP) is 1.02. The van der Waals surface area contributed by atoms with Crippen LogP contribution < -0.4 is 4.90 Å². The number of piperazine rings is 1. The molecule has 0 bridgehead atoms. The Morgan fingerprint density at radius 2 is 1.89 bits per heavy atom. The lowest BCUT2D eigenvalue weighted by molar-refractivity contribution is -0.136. The van der Waals surface area contributed by atoms with Gasteiger partial charge in [-0.25, -0.2) is 8.42 Å². The predicted molar refractivity (Wildman–Crippen MR) is 107 cm³/mol. The molecule has 3 aliphatic heterocycles. The van der Waals surface area contributed by atoms with Gasteiger partial charge in [-0.2, -0.15) is 0 Å². The summed E-state index contributed by atoms with van der Waals surface area (Å²) in [5, 5.41) is 0.689. The first-order valence-electron chi connectivity index (χ1n) is 9.61. The van der Waals surface area contributed by atoms with E-state index in [9.17, 15) is 18.0 Å². The number of benzene rings is 1. The largest absolute Gasteiger partial charge is 0.368 e. The SMILES string of the molecule is O=C([C@@H]1CC(=O)N([C@H]2CCS(=O)(=O)C2)C1)N1CCN(c2cccc(Cl)c2)CC1. The highest BCUT2D eigenvalue weighted by molar-refractivity contribution is 7.91. The number of hydrogen-bond acceptors (Lipinski definition) is 5. The second-order valence-corrected chi connectivity index (χ2v) is 10.5. The van der Waals surface area contributed by atoms with Crippen LogP contribution in [0.3, 0.4) is 0 Å². The van der Waals surface area contributed by atoms with Gasteiger partial charge in [0.25, 0.3) is 0 Å². The van der Waals surface area contributed by atoms with E-state index in [-0.39, 0.29) is 41.7 Å². The highest BCUT2D eigenvalue weighted by Crippen LogP contribution is 2.28. The zero-order valence-corrected chi connectivity index (χ0v) is 17.2. The molecule has 3 saturated heterocycles. The maximum Gasteiger partial charge on any atom is 0.228 e. The van der Waals surface area contributed by atoms with Crippen LogP contribution in [0.4, 0.5) is 5.69 Å². The van der Waals surface area contributed by atoms with E-state index in [1.807, 2.05) is 29.2 Å². The van der Waals surface area contributed by atoms with Crippen molar-refractivity contribution in [3.8, 4) is 0 Å². The number of nitrogens with zero attached hydrogens (tertiary/aromatic N) is 3. The van der Waals surface area contributed by atoms with E-state index in [0.717, 1.165) is 18.8 Å². The van der Waals surface area contributed by atoms with Crippen LogP contribution in [0.2, 0.25) is 5.02 Å². The van der Waals surface area contributed by atoms with Gasteiger partial charge in [0.15, 0.2) is 9.84 Å². The molecule has 0 saturated carbocycles. The van der Waals surface area contributed by atoms with Gasteiger partial charge in [-0.3, -0.25) is 9.59 Å².